The zero-order chi connectivity index (χ0) is 19.6. The number of nitrogens with one attached hydrogen (secondary N) is 2. The number of carbonyl (C=O) groups excluding carboxylic acids is 1. The van der Waals surface area contributed by atoms with Crippen molar-refractivity contribution in [3.8, 4) is 5.75 Å². The molecule has 1 aliphatic rings. The molecule has 8 heteroatoms. The second-order valence-electron chi connectivity index (χ2n) is 6.76. The van der Waals surface area contributed by atoms with E-state index in [1.807, 2.05) is 0 Å². The number of pyridine rings is 1. The first kappa shape index (κ1) is 19.0. The molecule has 0 saturated heterocycles. The third kappa shape index (κ3) is 4.69. The molecule has 2 aromatic rings. The summed E-state index contributed by atoms with van der Waals surface area (Å²) in [5.74, 6) is -0.199. The van der Waals surface area contributed by atoms with Crippen LogP contribution in [0, 0.1) is 5.92 Å². The first-order valence-corrected chi connectivity index (χ1v) is 8.60. The van der Waals surface area contributed by atoms with Crippen LogP contribution < -0.4 is 15.6 Å². The maximum absolute atomic E-state index is 13.1. The van der Waals surface area contributed by atoms with E-state index in [-0.39, 0.29) is 23.1 Å². The predicted octanol–water partition coefficient (Wildman–Crippen LogP) is 4.21. The first-order valence-electron chi connectivity index (χ1n) is 8.60. The van der Waals surface area contributed by atoms with Crippen LogP contribution in [0.1, 0.15) is 42.1 Å². The maximum atomic E-state index is 13.1. The van der Waals surface area contributed by atoms with Gasteiger partial charge in [0.2, 0.25) is 5.56 Å². The van der Waals surface area contributed by atoms with E-state index >= 15 is 0 Å². The molecule has 5 nitrogen and oxygen atoms in total. The van der Waals surface area contributed by atoms with Crippen molar-refractivity contribution < 1.29 is 22.7 Å². The summed E-state index contributed by atoms with van der Waals surface area (Å²) < 4.78 is 45.1. The second-order valence-corrected chi connectivity index (χ2v) is 6.76. The Balaban J connectivity index is 1.91. The van der Waals surface area contributed by atoms with E-state index in [2.05, 4.69) is 17.2 Å². The van der Waals surface area contributed by atoms with E-state index in [9.17, 15) is 22.8 Å². The van der Waals surface area contributed by atoms with Crippen LogP contribution >= 0.6 is 0 Å². The van der Waals surface area contributed by atoms with E-state index in [1.165, 1.54) is 18.3 Å². The molecule has 1 amide bonds. The molecule has 0 aliphatic heterocycles. The Morgan fingerprint density at radius 2 is 2.00 bits per heavy atom. The Kier molecular flexibility index (Phi) is 5.25. The van der Waals surface area contributed by atoms with Crippen molar-refractivity contribution in [3.05, 3.63) is 58.0 Å². The summed E-state index contributed by atoms with van der Waals surface area (Å²) in [7, 11) is 0. The van der Waals surface area contributed by atoms with Gasteiger partial charge in [-0.25, -0.2) is 0 Å². The lowest BCUT2D eigenvalue weighted by atomic mass is 10.1. The van der Waals surface area contributed by atoms with Gasteiger partial charge in [-0.1, -0.05) is 6.92 Å². The monoisotopic (exact) mass is 380 g/mol. The van der Waals surface area contributed by atoms with Crippen LogP contribution in [0.3, 0.4) is 0 Å². The fraction of sp³-hybridized carbons (Fsp3) is 0.368. The van der Waals surface area contributed by atoms with Gasteiger partial charge in [-0.15, -0.1) is 0 Å². The summed E-state index contributed by atoms with van der Waals surface area (Å²) in [5.41, 5.74) is -1.41. The van der Waals surface area contributed by atoms with Gasteiger partial charge in [0.25, 0.3) is 5.91 Å². The zero-order valence-electron chi connectivity index (χ0n) is 14.6. The number of hydrogen-bond donors (Lipinski definition) is 2. The lowest BCUT2D eigenvalue weighted by Gasteiger charge is -2.18. The summed E-state index contributed by atoms with van der Waals surface area (Å²) in [5, 5.41) is 2.45. The highest BCUT2D eigenvalue weighted by atomic mass is 19.4. The van der Waals surface area contributed by atoms with Crippen LogP contribution in [-0.4, -0.2) is 17.0 Å². The Morgan fingerprint density at radius 3 is 2.63 bits per heavy atom. The van der Waals surface area contributed by atoms with Crippen molar-refractivity contribution in [2.45, 2.75) is 38.5 Å². The largest absolute Gasteiger partial charge is 0.490 e. The molecular formula is C19H19F3N2O3. The number of alkyl halides is 3. The summed E-state index contributed by atoms with van der Waals surface area (Å²) in [6.07, 6.45) is -0.837. The zero-order valence-corrected chi connectivity index (χ0v) is 14.6. The van der Waals surface area contributed by atoms with Gasteiger partial charge in [-0.2, -0.15) is 13.2 Å². The first-order chi connectivity index (χ1) is 12.7. The van der Waals surface area contributed by atoms with Gasteiger partial charge in [-0.3, -0.25) is 9.59 Å². The van der Waals surface area contributed by atoms with Crippen molar-refractivity contribution >= 4 is 11.6 Å². The maximum Gasteiger partial charge on any atom is 0.416 e. The molecule has 0 bridgehead atoms. The standard InChI is InChI=1S/C19H19F3N2O3/c1-11-2-4-14(8-11)27-16-5-3-12(19(20,21)22)9-15(16)18(26)24-13-6-7-23-17(25)10-13/h3,5-7,9-11,14H,2,4,8H2,1H3,(H2,23,24,25,26)/t11-,14?/m1/s1. The Bertz CT molecular complexity index is 892. The molecule has 1 aliphatic carbocycles. The van der Waals surface area contributed by atoms with Gasteiger partial charge in [-0.05, 0) is 49.4 Å². The topological polar surface area (TPSA) is 71.2 Å². The number of carbonyl (C=O) groups is 1. The van der Waals surface area contributed by atoms with Gasteiger partial charge in [0.15, 0.2) is 0 Å². The quantitative estimate of drug-likeness (QED) is 0.835. The van der Waals surface area contributed by atoms with Crippen molar-refractivity contribution in [2.75, 3.05) is 5.32 Å². The third-order valence-corrected chi connectivity index (χ3v) is 4.52. The molecule has 1 aromatic carbocycles. The number of H-pyrrole nitrogens is 1. The van der Waals surface area contributed by atoms with Crippen molar-refractivity contribution in [1.29, 1.82) is 0 Å². The lowest BCUT2D eigenvalue weighted by molar-refractivity contribution is -0.137. The molecule has 1 heterocycles. The van der Waals surface area contributed by atoms with Gasteiger partial charge < -0.3 is 15.0 Å². The van der Waals surface area contributed by atoms with Crippen LogP contribution in [0.4, 0.5) is 18.9 Å². The average molecular weight is 380 g/mol. The molecule has 1 aromatic heterocycles. The fourth-order valence-electron chi connectivity index (χ4n) is 3.15. The molecule has 144 valence electrons. The molecule has 1 saturated carbocycles. The van der Waals surface area contributed by atoms with Gasteiger partial charge in [0.05, 0.1) is 17.2 Å². The molecule has 0 radical (unpaired) electrons. The molecule has 27 heavy (non-hydrogen) atoms. The van der Waals surface area contributed by atoms with Crippen molar-refractivity contribution in [2.24, 2.45) is 5.92 Å². The highest BCUT2D eigenvalue weighted by Gasteiger charge is 2.33. The Labute approximate surface area is 153 Å². The average Bonchev–Trinajstić information content (AvgIpc) is 2.99. The second kappa shape index (κ2) is 7.46. The molecule has 0 spiro atoms. The van der Waals surface area contributed by atoms with E-state index in [0.717, 1.165) is 37.5 Å². The highest BCUT2D eigenvalue weighted by Crippen LogP contribution is 2.35. The fourth-order valence-corrected chi connectivity index (χ4v) is 3.15. The normalized spacial score (nSPS) is 19.7. The SMILES string of the molecule is C[C@@H]1CCC(Oc2ccc(C(F)(F)F)cc2C(=O)Nc2cc[nH]c(=O)c2)C1. The molecule has 3 rings (SSSR count). The molecule has 1 unspecified atom stereocenters. The number of ether oxygens (including phenoxy) is 1. The van der Waals surface area contributed by atoms with E-state index < -0.39 is 23.2 Å². The molecule has 2 atom stereocenters. The third-order valence-electron chi connectivity index (χ3n) is 4.52. The minimum atomic E-state index is -4.58. The minimum absolute atomic E-state index is 0.101. The van der Waals surface area contributed by atoms with Crippen LogP contribution in [0.2, 0.25) is 0 Å². The molecular weight excluding hydrogens is 361 g/mol. The number of aromatic amines is 1. The van der Waals surface area contributed by atoms with E-state index in [4.69, 9.17) is 4.74 Å². The number of anilines is 1. The summed E-state index contributed by atoms with van der Waals surface area (Å²) in [4.78, 5) is 26.3. The van der Waals surface area contributed by atoms with Crippen LogP contribution in [0.25, 0.3) is 0 Å². The Hall–Kier alpha value is -2.77. The number of amides is 1. The van der Waals surface area contributed by atoms with Crippen LogP contribution in [0.5, 0.6) is 5.75 Å². The van der Waals surface area contributed by atoms with E-state index in [1.54, 1.807) is 0 Å². The van der Waals surface area contributed by atoms with Crippen molar-refractivity contribution in [1.82, 2.24) is 4.98 Å². The van der Waals surface area contributed by atoms with Gasteiger partial charge in [0, 0.05) is 18.0 Å². The van der Waals surface area contributed by atoms with Gasteiger partial charge in [0.1, 0.15) is 5.75 Å². The van der Waals surface area contributed by atoms with Gasteiger partial charge >= 0.3 is 6.18 Å². The number of benzene rings is 1. The van der Waals surface area contributed by atoms with E-state index in [0.29, 0.717) is 5.92 Å². The number of aromatic nitrogens is 1. The minimum Gasteiger partial charge on any atom is -0.490 e. The predicted molar refractivity (Wildman–Crippen MR) is 93.9 cm³/mol. The summed E-state index contributed by atoms with van der Waals surface area (Å²) >= 11 is 0. The van der Waals surface area contributed by atoms with Crippen molar-refractivity contribution in [3.63, 3.8) is 0 Å². The summed E-state index contributed by atoms with van der Waals surface area (Å²) in [6.45, 7) is 2.08. The lowest BCUT2D eigenvalue weighted by Crippen LogP contribution is -2.19. The van der Waals surface area contributed by atoms with Crippen LogP contribution in [0.15, 0.2) is 41.3 Å². The molecule has 1 fully saturated rings. The number of rotatable bonds is 4. The summed E-state index contributed by atoms with van der Waals surface area (Å²) in [6, 6.07) is 5.43. The number of halogens is 3. The number of hydrogen-bond acceptors (Lipinski definition) is 3. The Morgan fingerprint density at radius 1 is 1.22 bits per heavy atom. The van der Waals surface area contributed by atoms with Crippen LogP contribution in [-0.2, 0) is 6.18 Å². The smallest absolute Gasteiger partial charge is 0.416 e. The molecule has 2 N–H and O–H groups in total. The highest BCUT2D eigenvalue weighted by molar-refractivity contribution is 6.06.